The molecule has 0 aromatic rings. The van der Waals surface area contributed by atoms with E-state index in [0.717, 1.165) is 31.8 Å². The van der Waals surface area contributed by atoms with Gasteiger partial charge in [0.2, 0.25) is 0 Å². The van der Waals surface area contributed by atoms with Crippen molar-refractivity contribution in [1.29, 1.82) is 0 Å². The number of amides is 2. The van der Waals surface area contributed by atoms with Crippen LogP contribution in [0.25, 0.3) is 0 Å². The van der Waals surface area contributed by atoms with Gasteiger partial charge in [-0.1, -0.05) is 13.8 Å². The van der Waals surface area contributed by atoms with Crippen molar-refractivity contribution >= 4 is 6.03 Å². The van der Waals surface area contributed by atoms with Crippen LogP contribution in [0, 0.1) is 11.8 Å². The number of urea groups is 1. The molecule has 88 valence electrons. The molecule has 0 aromatic heterocycles. The molecule has 4 nitrogen and oxygen atoms in total. The molecule has 2 amide bonds. The molecule has 1 rings (SSSR count). The molecule has 0 aromatic carbocycles. The lowest BCUT2D eigenvalue weighted by molar-refractivity contribution is 0.169. The minimum Gasteiger partial charge on any atom is -0.396 e. The second-order valence-electron chi connectivity index (χ2n) is 4.64. The van der Waals surface area contributed by atoms with Gasteiger partial charge < -0.3 is 15.3 Å². The van der Waals surface area contributed by atoms with Gasteiger partial charge in [0.15, 0.2) is 0 Å². The third-order valence-corrected chi connectivity index (χ3v) is 2.98. The number of nitrogens with zero attached hydrogens (tertiary/aromatic N) is 1. The van der Waals surface area contributed by atoms with Crippen LogP contribution in [0.15, 0.2) is 0 Å². The molecule has 1 aliphatic rings. The summed E-state index contributed by atoms with van der Waals surface area (Å²) in [7, 11) is 0. The Morgan fingerprint density at radius 2 is 2.13 bits per heavy atom. The smallest absolute Gasteiger partial charge is 0.317 e. The van der Waals surface area contributed by atoms with E-state index in [0.29, 0.717) is 6.54 Å². The summed E-state index contributed by atoms with van der Waals surface area (Å²) >= 11 is 0. The van der Waals surface area contributed by atoms with E-state index in [4.69, 9.17) is 5.11 Å². The van der Waals surface area contributed by atoms with Crippen molar-refractivity contribution in [2.45, 2.75) is 26.7 Å². The van der Waals surface area contributed by atoms with Crippen LogP contribution in [0.1, 0.15) is 26.7 Å². The monoisotopic (exact) mass is 214 g/mol. The zero-order chi connectivity index (χ0) is 11.3. The van der Waals surface area contributed by atoms with Gasteiger partial charge in [-0.15, -0.1) is 0 Å². The van der Waals surface area contributed by atoms with Gasteiger partial charge >= 0.3 is 6.03 Å². The van der Waals surface area contributed by atoms with Crippen LogP contribution in [0.4, 0.5) is 4.79 Å². The van der Waals surface area contributed by atoms with E-state index < -0.39 is 0 Å². The Labute approximate surface area is 91.6 Å². The van der Waals surface area contributed by atoms with Crippen LogP contribution in [0.3, 0.4) is 0 Å². The third kappa shape index (κ3) is 4.08. The summed E-state index contributed by atoms with van der Waals surface area (Å²) in [4.78, 5) is 13.5. The maximum absolute atomic E-state index is 11.7. The second-order valence-corrected chi connectivity index (χ2v) is 4.64. The van der Waals surface area contributed by atoms with E-state index in [2.05, 4.69) is 12.2 Å². The maximum atomic E-state index is 11.7. The Morgan fingerprint density at radius 1 is 1.53 bits per heavy atom. The topological polar surface area (TPSA) is 52.6 Å². The SMILES string of the molecule is CC1CCN(C(=O)NCC(C)CO)CC1. The lowest BCUT2D eigenvalue weighted by Crippen LogP contribution is -2.45. The quantitative estimate of drug-likeness (QED) is 0.738. The molecule has 1 atom stereocenters. The molecule has 1 fully saturated rings. The van der Waals surface area contributed by atoms with Gasteiger partial charge in [0, 0.05) is 26.2 Å². The summed E-state index contributed by atoms with van der Waals surface area (Å²) in [5.41, 5.74) is 0. The third-order valence-electron chi connectivity index (χ3n) is 2.98. The van der Waals surface area contributed by atoms with Gasteiger partial charge in [-0.3, -0.25) is 0 Å². The molecule has 1 heterocycles. The first-order valence-corrected chi connectivity index (χ1v) is 5.77. The standard InChI is InChI=1S/C11H22N2O2/c1-9-3-5-13(6-4-9)11(15)12-7-10(2)8-14/h9-10,14H,3-8H2,1-2H3,(H,12,15). The minimum atomic E-state index is 0.0159. The highest BCUT2D eigenvalue weighted by molar-refractivity contribution is 5.74. The lowest BCUT2D eigenvalue weighted by atomic mass is 10.00. The van der Waals surface area contributed by atoms with Crippen molar-refractivity contribution in [2.75, 3.05) is 26.2 Å². The number of rotatable bonds is 3. The van der Waals surface area contributed by atoms with Crippen molar-refractivity contribution < 1.29 is 9.90 Å². The normalized spacial score (nSPS) is 20.1. The van der Waals surface area contributed by atoms with E-state index >= 15 is 0 Å². The predicted molar refractivity (Wildman–Crippen MR) is 59.6 cm³/mol. The Kier molecular flexibility index (Phi) is 4.88. The van der Waals surface area contributed by atoms with Crippen LogP contribution in [-0.4, -0.2) is 42.3 Å². The van der Waals surface area contributed by atoms with Crippen molar-refractivity contribution in [3.8, 4) is 0 Å². The number of carbonyl (C=O) groups excluding carboxylic acids is 1. The van der Waals surface area contributed by atoms with Crippen LogP contribution in [0.2, 0.25) is 0 Å². The number of nitrogens with one attached hydrogen (secondary N) is 1. The van der Waals surface area contributed by atoms with E-state index in [9.17, 15) is 4.79 Å². The highest BCUT2D eigenvalue weighted by Crippen LogP contribution is 2.15. The van der Waals surface area contributed by atoms with Gasteiger partial charge in [0.1, 0.15) is 0 Å². The lowest BCUT2D eigenvalue weighted by Gasteiger charge is -2.30. The van der Waals surface area contributed by atoms with Crippen molar-refractivity contribution in [3.05, 3.63) is 0 Å². The fourth-order valence-corrected chi connectivity index (χ4v) is 1.65. The minimum absolute atomic E-state index is 0.0159. The Morgan fingerprint density at radius 3 is 2.67 bits per heavy atom. The van der Waals surface area contributed by atoms with Crippen LogP contribution < -0.4 is 5.32 Å². The summed E-state index contributed by atoms with van der Waals surface area (Å²) in [6, 6.07) is 0.0159. The Bertz CT molecular complexity index is 201. The first-order chi connectivity index (χ1) is 7.13. The number of hydrogen-bond donors (Lipinski definition) is 2. The van der Waals surface area contributed by atoms with Crippen molar-refractivity contribution in [1.82, 2.24) is 10.2 Å². The number of aliphatic hydroxyl groups is 1. The van der Waals surface area contributed by atoms with E-state index in [-0.39, 0.29) is 18.6 Å². The number of aliphatic hydroxyl groups excluding tert-OH is 1. The maximum Gasteiger partial charge on any atom is 0.317 e. The highest BCUT2D eigenvalue weighted by Gasteiger charge is 2.19. The number of hydrogen-bond acceptors (Lipinski definition) is 2. The van der Waals surface area contributed by atoms with Gasteiger partial charge in [0.25, 0.3) is 0 Å². The summed E-state index contributed by atoms with van der Waals surface area (Å²) in [5, 5.41) is 11.7. The molecule has 0 spiro atoms. The van der Waals surface area contributed by atoms with Crippen molar-refractivity contribution in [2.24, 2.45) is 11.8 Å². The number of likely N-dealkylation sites (tertiary alicyclic amines) is 1. The number of carbonyl (C=O) groups is 1. The fraction of sp³-hybridized carbons (Fsp3) is 0.909. The van der Waals surface area contributed by atoms with Crippen LogP contribution in [-0.2, 0) is 0 Å². The largest absolute Gasteiger partial charge is 0.396 e. The summed E-state index contributed by atoms with van der Waals surface area (Å²) in [5.74, 6) is 0.878. The molecule has 0 radical (unpaired) electrons. The summed E-state index contributed by atoms with van der Waals surface area (Å²) in [6.45, 7) is 6.54. The highest BCUT2D eigenvalue weighted by atomic mass is 16.3. The number of piperidine rings is 1. The van der Waals surface area contributed by atoms with E-state index in [1.807, 2.05) is 11.8 Å². The van der Waals surface area contributed by atoms with Gasteiger partial charge in [-0.25, -0.2) is 4.79 Å². The average Bonchev–Trinajstić information content (AvgIpc) is 2.26. The zero-order valence-corrected chi connectivity index (χ0v) is 9.70. The van der Waals surface area contributed by atoms with E-state index in [1.54, 1.807) is 0 Å². The first-order valence-electron chi connectivity index (χ1n) is 5.77. The van der Waals surface area contributed by atoms with Crippen molar-refractivity contribution in [3.63, 3.8) is 0 Å². The predicted octanol–water partition coefficient (Wildman–Crippen LogP) is 1.06. The Balaban J connectivity index is 2.22. The molecule has 0 bridgehead atoms. The molecule has 2 N–H and O–H groups in total. The molecular weight excluding hydrogens is 192 g/mol. The van der Waals surface area contributed by atoms with E-state index in [1.165, 1.54) is 0 Å². The molecule has 15 heavy (non-hydrogen) atoms. The fourth-order valence-electron chi connectivity index (χ4n) is 1.65. The zero-order valence-electron chi connectivity index (χ0n) is 9.70. The molecule has 0 aliphatic carbocycles. The molecule has 0 saturated carbocycles. The molecule has 1 saturated heterocycles. The molecular formula is C11H22N2O2. The Hall–Kier alpha value is -0.770. The average molecular weight is 214 g/mol. The van der Waals surface area contributed by atoms with Crippen LogP contribution in [0.5, 0.6) is 0 Å². The molecule has 1 aliphatic heterocycles. The van der Waals surface area contributed by atoms with Crippen LogP contribution >= 0.6 is 0 Å². The van der Waals surface area contributed by atoms with Gasteiger partial charge in [0.05, 0.1) is 0 Å². The van der Waals surface area contributed by atoms with Gasteiger partial charge in [-0.2, -0.15) is 0 Å². The first kappa shape index (κ1) is 12.3. The second kappa shape index (κ2) is 5.95. The molecule has 1 unspecified atom stereocenters. The summed E-state index contributed by atoms with van der Waals surface area (Å²) < 4.78 is 0. The molecule has 4 heteroatoms. The van der Waals surface area contributed by atoms with Gasteiger partial charge in [-0.05, 0) is 24.7 Å². The summed E-state index contributed by atoms with van der Waals surface area (Å²) in [6.07, 6.45) is 2.20.